The van der Waals surface area contributed by atoms with Crippen molar-refractivity contribution < 1.29 is 5.11 Å². The van der Waals surface area contributed by atoms with Crippen molar-refractivity contribution in [1.29, 1.82) is 0 Å². The fourth-order valence-corrected chi connectivity index (χ4v) is 2.14. The summed E-state index contributed by atoms with van der Waals surface area (Å²) in [6.07, 6.45) is 7.96. The molecule has 1 rings (SSSR count). The normalized spacial score (nSPS) is 12.9. The van der Waals surface area contributed by atoms with Crippen molar-refractivity contribution in [3.8, 4) is 0 Å². The maximum absolute atomic E-state index is 9.72. The van der Waals surface area contributed by atoms with Crippen LogP contribution in [0.1, 0.15) is 63.0 Å². The van der Waals surface area contributed by atoms with Gasteiger partial charge in [-0.25, -0.2) is 0 Å². The molecule has 0 aliphatic carbocycles. The second-order valence-electron chi connectivity index (χ2n) is 3.85. The molecule has 0 aromatic carbocycles. The van der Waals surface area contributed by atoms with E-state index in [2.05, 4.69) is 17.1 Å². The van der Waals surface area contributed by atoms with Gasteiger partial charge in [0.05, 0.1) is 0 Å². The number of aromatic nitrogens is 2. The maximum atomic E-state index is 9.72. The molecule has 0 aliphatic heterocycles. The quantitative estimate of drug-likeness (QED) is 0.694. The van der Waals surface area contributed by atoms with E-state index in [9.17, 15) is 5.11 Å². The third-order valence-electron chi connectivity index (χ3n) is 2.49. The van der Waals surface area contributed by atoms with Crippen LogP contribution < -0.4 is 0 Å². The topological polar surface area (TPSA) is 46.0 Å². The standard InChI is InChI=1S/C11H20N2OS/c1-2-3-4-5-6-7-8-10(14)11-13-12-9-15-11/h9-10,14H,2-8H2,1H3. The third kappa shape index (κ3) is 5.23. The fraction of sp³-hybridized carbons (Fsp3) is 0.818. The largest absolute Gasteiger partial charge is 0.386 e. The molecule has 1 atom stereocenters. The second-order valence-corrected chi connectivity index (χ2v) is 4.71. The molecule has 1 aromatic heterocycles. The van der Waals surface area contributed by atoms with Gasteiger partial charge >= 0.3 is 0 Å². The van der Waals surface area contributed by atoms with Crippen LogP contribution in [0.3, 0.4) is 0 Å². The van der Waals surface area contributed by atoms with Gasteiger partial charge in [-0.05, 0) is 6.42 Å². The van der Waals surface area contributed by atoms with Crippen molar-refractivity contribution in [2.45, 2.75) is 58.0 Å². The molecule has 0 saturated heterocycles. The number of aliphatic hydroxyl groups is 1. The Labute approximate surface area is 95.6 Å². The summed E-state index contributed by atoms with van der Waals surface area (Å²) >= 11 is 1.43. The molecule has 0 bridgehead atoms. The van der Waals surface area contributed by atoms with E-state index in [4.69, 9.17) is 0 Å². The number of unbranched alkanes of at least 4 members (excludes halogenated alkanes) is 5. The molecule has 4 heteroatoms. The first-order valence-electron chi connectivity index (χ1n) is 5.78. The summed E-state index contributed by atoms with van der Waals surface area (Å²) in [6, 6.07) is 0. The van der Waals surface area contributed by atoms with Gasteiger partial charge in [0.2, 0.25) is 0 Å². The average Bonchev–Trinajstić information content (AvgIpc) is 2.76. The van der Waals surface area contributed by atoms with E-state index >= 15 is 0 Å². The molecule has 1 N–H and O–H groups in total. The monoisotopic (exact) mass is 228 g/mol. The molecule has 3 nitrogen and oxygen atoms in total. The molecule has 0 fully saturated rings. The van der Waals surface area contributed by atoms with Crippen LogP contribution in [0.4, 0.5) is 0 Å². The van der Waals surface area contributed by atoms with Crippen molar-refractivity contribution in [1.82, 2.24) is 10.2 Å². The minimum atomic E-state index is -0.399. The van der Waals surface area contributed by atoms with Gasteiger partial charge in [-0.15, -0.1) is 21.5 Å². The van der Waals surface area contributed by atoms with Gasteiger partial charge in [-0.1, -0.05) is 45.4 Å². The van der Waals surface area contributed by atoms with E-state index in [0.29, 0.717) is 0 Å². The van der Waals surface area contributed by atoms with Gasteiger partial charge < -0.3 is 5.11 Å². The van der Waals surface area contributed by atoms with Gasteiger partial charge in [0, 0.05) is 0 Å². The van der Waals surface area contributed by atoms with Gasteiger partial charge in [0.1, 0.15) is 16.6 Å². The van der Waals surface area contributed by atoms with Crippen LogP contribution in [0.15, 0.2) is 5.51 Å². The first-order chi connectivity index (χ1) is 7.34. The second kappa shape index (κ2) is 7.77. The highest BCUT2D eigenvalue weighted by Gasteiger charge is 2.09. The van der Waals surface area contributed by atoms with Crippen LogP contribution in [-0.4, -0.2) is 15.3 Å². The highest BCUT2D eigenvalue weighted by molar-refractivity contribution is 7.09. The first kappa shape index (κ1) is 12.6. The van der Waals surface area contributed by atoms with Crippen LogP contribution in [0, 0.1) is 0 Å². The predicted molar refractivity (Wildman–Crippen MR) is 62.9 cm³/mol. The number of nitrogens with zero attached hydrogens (tertiary/aromatic N) is 2. The minimum Gasteiger partial charge on any atom is -0.386 e. The predicted octanol–water partition coefficient (Wildman–Crippen LogP) is 3.32. The molecule has 15 heavy (non-hydrogen) atoms. The summed E-state index contributed by atoms with van der Waals surface area (Å²) in [5, 5.41) is 18.1. The Bertz CT molecular complexity index is 239. The zero-order valence-electron chi connectivity index (χ0n) is 9.35. The zero-order chi connectivity index (χ0) is 10.9. The molecule has 0 amide bonds. The molecule has 0 saturated carbocycles. The summed E-state index contributed by atoms with van der Waals surface area (Å²) in [7, 11) is 0. The lowest BCUT2D eigenvalue weighted by atomic mass is 10.1. The summed E-state index contributed by atoms with van der Waals surface area (Å²) < 4.78 is 0. The Balaban J connectivity index is 2.00. The summed E-state index contributed by atoms with van der Waals surface area (Å²) in [5.74, 6) is 0. The molecule has 1 heterocycles. The van der Waals surface area contributed by atoms with Gasteiger partial charge in [-0.3, -0.25) is 0 Å². The van der Waals surface area contributed by atoms with Crippen molar-refractivity contribution in [2.75, 3.05) is 0 Å². The van der Waals surface area contributed by atoms with E-state index in [-0.39, 0.29) is 0 Å². The SMILES string of the molecule is CCCCCCCCC(O)c1nncs1. The fourth-order valence-electron chi connectivity index (χ4n) is 1.57. The van der Waals surface area contributed by atoms with Crippen molar-refractivity contribution in [3.63, 3.8) is 0 Å². The highest BCUT2D eigenvalue weighted by atomic mass is 32.1. The van der Waals surface area contributed by atoms with Crippen molar-refractivity contribution in [2.24, 2.45) is 0 Å². The Morgan fingerprint density at radius 1 is 1.27 bits per heavy atom. The molecule has 0 radical (unpaired) electrons. The van der Waals surface area contributed by atoms with E-state index in [1.54, 1.807) is 5.51 Å². The number of rotatable bonds is 8. The molecular weight excluding hydrogens is 208 g/mol. The average molecular weight is 228 g/mol. The van der Waals surface area contributed by atoms with Crippen LogP contribution in [0.25, 0.3) is 0 Å². The van der Waals surface area contributed by atoms with Crippen LogP contribution in [0.5, 0.6) is 0 Å². The number of hydrogen-bond donors (Lipinski definition) is 1. The van der Waals surface area contributed by atoms with Gasteiger partial charge in [-0.2, -0.15) is 0 Å². The van der Waals surface area contributed by atoms with Gasteiger partial charge in [0.15, 0.2) is 0 Å². The third-order valence-corrected chi connectivity index (χ3v) is 3.29. The molecule has 1 unspecified atom stereocenters. The number of aliphatic hydroxyl groups excluding tert-OH is 1. The Kier molecular flexibility index (Phi) is 6.52. The smallest absolute Gasteiger partial charge is 0.145 e. The van der Waals surface area contributed by atoms with Gasteiger partial charge in [0.25, 0.3) is 0 Å². The first-order valence-corrected chi connectivity index (χ1v) is 6.66. The Morgan fingerprint density at radius 2 is 2.00 bits per heavy atom. The minimum absolute atomic E-state index is 0.399. The van der Waals surface area contributed by atoms with E-state index in [1.165, 1.54) is 43.4 Å². The summed E-state index contributed by atoms with van der Waals surface area (Å²) in [4.78, 5) is 0. The molecule has 0 spiro atoms. The molecule has 0 aliphatic rings. The maximum Gasteiger partial charge on any atom is 0.145 e. The zero-order valence-corrected chi connectivity index (χ0v) is 10.2. The molecular formula is C11H20N2OS. The summed E-state index contributed by atoms with van der Waals surface area (Å²) in [5.41, 5.74) is 1.67. The van der Waals surface area contributed by atoms with Crippen LogP contribution >= 0.6 is 11.3 Å². The lowest BCUT2D eigenvalue weighted by Crippen LogP contribution is -1.96. The van der Waals surface area contributed by atoms with Crippen molar-refractivity contribution >= 4 is 11.3 Å². The lowest BCUT2D eigenvalue weighted by Gasteiger charge is -2.05. The Morgan fingerprint density at radius 3 is 2.67 bits per heavy atom. The number of hydrogen-bond acceptors (Lipinski definition) is 4. The van der Waals surface area contributed by atoms with Crippen molar-refractivity contribution in [3.05, 3.63) is 10.5 Å². The van der Waals surface area contributed by atoms with E-state index in [0.717, 1.165) is 17.8 Å². The molecule has 1 aromatic rings. The Hall–Kier alpha value is -0.480. The van der Waals surface area contributed by atoms with E-state index < -0.39 is 6.10 Å². The summed E-state index contributed by atoms with van der Waals surface area (Å²) in [6.45, 7) is 2.22. The van der Waals surface area contributed by atoms with E-state index in [1.807, 2.05) is 0 Å². The lowest BCUT2D eigenvalue weighted by molar-refractivity contribution is 0.162. The molecule has 86 valence electrons. The van der Waals surface area contributed by atoms with Crippen LogP contribution in [0.2, 0.25) is 0 Å². The highest BCUT2D eigenvalue weighted by Crippen LogP contribution is 2.20. The van der Waals surface area contributed by atoms with Crippen LogP contribution in [-0.2, 0) is 0 Å².